The van der Waals surface area contributed by atoms with Crippen molar-refractivity contribution in [1.29, 1.82) is 0 Å². The number of carbonyl (C=O) groups is 3. The summed E-state index contributed by atoms with van der Waals surface area (Å²) in [6.07, 6.45) is 1.79. The van der Waals surface area contributed by atoms with Crippen molar-refractivity contribution >= 4 is 23.4 Å². The minimum atomic E-state index is -0.832. The van der Waals surface area contributed by atoms with Crippen molar-refractivity contribution in [3.8, 4) is 5.75 Å². The molecule has 8 nitrogen and oxygen atoms in total. The molecule has 4 rings (SSSR count). The highest BCUT2D eigenvalue weighted by Crippen LogP contribution is 2.24. The molecule has 1 saturated heterocycles. The van der Waals surface area contributed by atoms with Gasteiger partial charge in [-0.25, -0.2) is 0 Å². The lowest BCUT2D eigenvalue weighted by Gasteiger charge is -2.29. The Balaban J connectivity index is 1.47. The van der Waals surface area contributed by atoms with Gasteiger partial charge in [-0.05, 0) is 79.6 Å². The van der Waals surface area contributed by atoms with E-state index in [1.807, 2.05) is 62.4 Å². The number of hydrogen-bond donors (Lipinski definition) is 4. The van der Waals surface area contributed by atoms with Gasteiger partial charge in [-0.2, -0.15) is 0 Å². The van der Waals surface area contributed by atoms with Crippen LogP contribution in [0.1, 0.15) is 35.1 Å². The number of anilines is 1. The minimum Gasteiger partial charge on any atom is -0.508 e. The zero-order valence-corrected chi connectivity index (χ0v) is 22.4. The first kappa shape index (κ1) is 27.9. The van der Waals surface area contributed by atoms with Gasteiger partial charge in [-0.1, -0.05) is 48.5 Å². The molecule has 1 fully saturated rings. The van der Waals surface area contributed by atoms with Crippen molar-refractivity contribution in [3.05, 3.63) is 95.1 Å². The van der Waals surface area contributed by atoms with E-state index in [0.717, 1.165) is 22.3 Å². The number of phenolic OH excluding ortho intramolecular Hbond substituents is 1. The monoisotopic (exact) mass is 528 g/mol. The fourth-order valence-corrected chi connectivity index (χ4v) is 5.19. The minimum absolute atomic E-state index is 0.172. The largest absolute Gasteiger partial charge is 0.508 e. The maximum absolute atomic E-state index is 13.5. The highest BCUT2D eigenvalue weighted by atomic mass is 16.3. The molecule has 0 radical (unpaired) electrons. The second kappa shape index (κ2) is 12.6. The van der Waals surface area contributed by atoms with E-state index in [1.54, 1.807) is 29.2 Å². The van der Waals surface area contributed by atoms with Gasteiger partial charge in [-0.3, -0.25) is 14.4 Å². The average Bonchev–Trinajstić information content (AvgIpc) is 3.41. The van der Waals surface area contributed by atoms with E-state index in [1.165, 1.54) is 0 Å². The number of nitrogens with one attached hydrogen (secondary N) is 2. The van der Waals surface area contributed by atoms with E-state index < -0.39 is 18.1 Å². The molecule has 204 valence electrons. The predicted molar refractivity (Wildman–Crippen MR) is 151 cm³/mol. The molecule has 39 heavy (non-hydrogen) atoms. The third kappa shape index (κ3) is 7.03. The van der Waals surface area contributed by atoms with Crippen LogP contribution in [0.2, 0.25) is 0 Å². The van der Waals surface area contributed by atoms with Crippen LogP contribution >= 0.6 is 0 Å². The van der Waals surface area contributed by atoms with Gasteiger partial charge in [0.05, 0.1) is 6.04 Å². The number of carbonyl (C=O) groups excluding carboxylic acids is 3. The summed E-state index contributed by atoms with van der Waals surface area (Å²) in [6.45, 7) is 4.18. The zero-order valence-electron chi connectivity index (χ0n) is 22.4. The number of benzene rings is 3. The van der Waals surface area contributed by atoms with Crippen LogP contribution in [0.15, 0.2) is 72.8 Å². The van der Waals surface area contributed by atoms with Crippen molar-refractivity contribution < 1.29 is 19.5 Å². The average molecular weight is 529 g/mol. The Morgan fingerprint density at radius 1 is 0.974 bits per heavy atom. The van der Waals surface area contributed by atoms with Crippen molar-refractivity contribution in [3.63, 3.8) is 0 Å². The molecule has 3 aromatic carbocycles. The van der Waals surface area contributed by atoms with E-state index >= 15 is 0 Å². The first-order chi connectivity index (χ1) is 18.7. The quantitative estimate of drug-likeness (QED) is 0.339. The van der Waals surface area contributed by atoms with Crippen LogP contribution in [-0.2, 0) is 27.2 Å². The Morgan fingerprint density at radius 3 is 2.23 bits per heavy atom. The van der Waals surface area contributed by atoms with Crippen LogP contribution in [0, 0.1) is 13.8 Å². The van der Waals surface area contributed by atoms with Gasteiger partial charge in [0.1, 0.15) is 17.8 Å². The van der Waals surface area contributed by atoms with Gasteiger partial charge in [0.2, 0.25) is 17.7 Å². The normalized spacial score (nSPS) is 16.4. The number of phenols is 1. The van der Waals surface area contributed by atoms with E-state index in [2.05, 4.69) is 10.6 Å². The fourth-order valence-electron chi connectivity index (χ4n) is 5.19. The zero-order chi connectivity index (χ0) is 27.9. The van der Waals surface area contributed by atoms with Crippen LogP contribution in [-0.4, -0.2) is 52.4 Å². The maximum Gasteiger partial charge on any atom is 0.247 e. The molecule has 3 aromatic rings. The number of rotatable bonds is 9. The number of aryl methyl sites for hydroxylation is 2. The lowest BCUT2D eigenvalue weighted by atomic mass is 9.95. The molecular weight excluding hydrogens is 492 g/mol. The molecule has 0 bridgehead atoms. The Morgan fingerprint density at radius 2 is 1.59 bits per heavy atom. The van der Waals surface area contributed by atoms with Crippen molar-refractivity contribution in [2.75, 3.05) is 11.9 Å². The third-order valence-electron chi connectivity index (χ3n) is 7.22. The van der Waals surface area contributed by atoms with Crippen molar-refractivity contribution in [1.82, 2.24) is 10.2 Å². The number of hydrogen-bond acceptors (Lipinski definition) is 5. The van der Waals surface area contributed by atoms with Crippen LogP contribution in [0.3, 0.4) is 0 Å². The number of nitrogens with two attached hydrogens (primary N) is 1. The summed E-state index contributed by atoms with van der Waals surface area (Å²) in [6, 6.07) is 19.5. The highest BCUT2D eigenvalue weighted by molar-refractivity contribution is 5.99. The Kier molecular flexibility index (Phi) is 8.99. The molecule has 8 heteroatoms. The summed E-state index contributed by atoms with van der Waals surface area (Å²) in [5, 5.41) is 15.6. The Hall–Kier alpha value is -4.17. The van der Waals surface area contributed by atoms with Gasteiger partial charge < -0.3 is 26.4 Å². The summed E-state index contributed by atoms with van der Waals surface area (Å²) in [7, 11) is 0. The Bertz CT molecular complexity index is 1290. The van der Waals surface area contributed by atoms with Crippen LogP contribution in [0.25, 0.3) is 0 Å². The molecule has 5 N–H and O–H groups in total. The smallest absolute Gasteiger partial charge is 0.247 e. The molecule has 3 atom stereocenters. The van der Waals surface area contributed by atoms with Gasteiger partial charge >= 0.3 is 0 Å². The second-order valence-electron chi connectivity index (χ2n) is 10.2. The molecule has 3 amide bonds. The summed E-state index contributed by atoms with van der Waals surface area (Å²) < 4.78 is 0. The number of para-hydroxylation sites is 1. The van der Waals surface area contributed by atoms with Gasteiger partial charge in [0, 0.05) is 18.7 Å². The SMILES string of the molecule is Cc1cc(O)cc(C)c1C[C@H](N)C(=O)N1CCC[C@H]1C(=O)N[C@@H](Cc1ccccc1)C(=O)Nc1ccccc1. The molecule has 0 spiro atoms. The number of amides is 3. The van der Waals surface area contributed by atoms with Crippen LogP contribution in [0.5, 0.6) is 5.75 Å². The molecule has 0 aliphatic carbocycles. The standard InChI is InChI=1S/C31H36N4O4/c1-20-16-24(36)17-21(2)25(20)19-26(32)31(39)35-15-9-14-28(35)30(38)34-27(18-22-10-5-3-6-11-22)29(37)33-23-12-7-4-8-13-23/h3-8,10-13,16-17,26-28,36H,9,14-15,18-19,32H2,1-2H3,(H,33,37)(H,34,38)/t26-,27-,28-/m0/s1. The first-order valence-electron chi connectivity index (χ1n) is 13.3. The van der Waals surface area contributed by atoms with E-state index in [4.69, 9.17) is 5.73 Å². The summed E-state index contributed by atoms with van der Waals surface area (Å²) in [5.41, 5.74) is 10.5. The topological polar surface area (TPSA) is 125 Å². The third-order valence-corrected chi connectivity index (χ3v) is 7.22. The number of likely N-dealkylation sites (tertiary alicyclic amines) is 1. The van der Waals surface area contributed by atoms with E-state index in [9.17, 15) is 19.5 Å². The van der Waals surface area contributed by atoms with E-state index in [0.29, 0.717) is 37.9 Å². The van der Waals surface area contributed by atoms with Crippen LogP contribution in [0.4, 0.5) is 5.69 Å². The second-order valence-corrected chi connectivity index (χ2v) is 10.2. The van der Waals surface area contributed by atoms with E-state index in [-0.39, 0.29) is 23.5 Å². The molecule has 1 aliphatic heterocycles. The summed E-state index contributed by atoms with van der Waals surface area (Å²) >= 11 is 0. The lowest BCUT2D eigenvalue weighted by molar-refractivity contribution is -0.140. The van der Waals surface area contributed by atoms with Gasteiger partial charge in [0.15, 0.2) is 0 Å². The lowest BCUT2D eigenvalue weighted by Crippen LogP contribution is -2.55. The van der Waals surface area contributed by atoms with Crippen LogP contribution < -0.4 is 16.4 Å². The maximum atomic E-state index is 13.5. The summed E-state index contributed by atoms with van der Waals surface area (Å²) in [4.78, 5) is 41.7. The summed E-state index contributed by atoms with van der Waals surface area (Å²) in [5.74, 6) is -0.822. The first-order valence-corrected chi connectivity index (χ1v) is 13.3. The number of nitrogens with zero attached hydrogens (tertiary/aromatic N) is 1. The predicted octanol–water partition coefficient (Wildman–Crippen LogP) is 3.24. The molecule has 0 unspecified atom stereocenters. The Labute approximate surface area is 229 Å². The highest BCUT2D eigenvalue weighted by Gasteiger charge is 2.37. The van der Waals surface area contributed by atoms with Gasteiger partial charge in [-0.15, -0.1) is 0 Å². The molecule has 0 aromatic heterocycles. The molecule has 1 heterocycles. The van der Waals surface area contributed by atoms with Crippen molar-refractivity contribution in [2.45, 2.75) is 57.7 Å². The van der Waals surface area contributed by atoms with Crippen molar-refractivity contribution in [2.24, 2.45) is 5.73 Å². The molecular formula is C31H36N4O4. The van der Waals surface area contributed by atoms with Gasteiger partial charge in [0.25, 0.3) is 0 Å². The number of aromatic hydroxyl groups is 1. The molecule has 1 aliphatic rings. The molecule has 0 saturated carbocycles. The fraction of sp³-hybridized carbons (Fsp3) is 0.323.